The fourth-order valence-corrected chi connectivity index (χ4v) is 3.44. The van der Waals surface area contributed by atoms with Crippen molar-refractivity contribution in [3.63, 3.8) is 0 Å². The van der Waals surface area contributed by atoms with Crippen molar-refractivity contribution in [1.82, 2.24) is 0 Å². The van der Waals surface area contributed by atoms with Crippen LogP contribution in [0.4, 0.5) is 5.69 Å². The van der Waals surface area contributed by atoms with Crippen LogP contribution < -0.4 is 5.32 Å². The quantitative estimate of drug-likeness (QED) is 0.794. The minimum absolute atomic E-state index is 0.180. The van der Waals surface area contributed by atoms with Crippen LogP contribution in [0.5, 0.6) is 0 Å². The maximum Gasteiger partial charge on any atom is 0.306 e. The molecule has 0 radical (unpaired) electrons. The SMILES string of the molecule is CS(=O)(=O)c1ccc(NC(=O)COC(=O)CC2CCCCC2)cc1. The van der Waals surface area contributed by atoms with Crippen LogP contribution in [0, 0.1) is 5.92 Å². The first-order chi connectivity index (χ1) is 11.3. The van der Waals surface area contributed by atoms with Gasteiger partial charge in [-0.2, -0.15) is 0 Å². The monoisotopic (exact) mass is 353 g/mol. The van der Waals surface area contributed by atoms with E-state index in [0.29, 0.717) is 18.0 Å². The largest absolute Gasteiger partial charge is 0.456 e. The van der Waals surface area contributed by atoms with Crippen LogP contribution in [0.1, 0.15) is 38.5 Å². The Morgan fingerprint density at radius 1 is 1.12 bits per heavy atom. The zero-order valence-electron chi connectivity index (χ0n) is 13.8. The molecule has 0 aliphatic heterocycles. The van der Waals surface area contributed by atoms with Gasteiger partial charge < -0.3 is 10.1 Å². The molecule has 0 heterocycles. The van der Waals surface area contributed by atoms with Gasteiger partial charge in [0.15, 0.2) is 16.4 Å². The number of rotatable bonds is 6. The molecule has 132 valence electrons. The number of benzene rings is 1. The Labute approximate surface area is 142 Å². The van der Waals surface area contributed by atoms with Crippen molar-refractivity contribution in [2.24, 2.45) is 5.92 Å². The molecule has 0 aromatic heterocycles. The van der Waals surface area contributed by atoms with E-state index in [2.05, 4.69) is 5.32 Å². The Morgan fingerprint density at radius 3 is 2.33 bits per heavy atom. The summed E-state index contributed by atoms with van der Waals surface area (Å²) in [4.78, 5) is 23.7. The minimum Gasteiger partial charge on any atom is -0.456 e. The number of ether oxygens (including phenoxy) is 1. The number of sulfone groups is 1. The second-order valence-electron chi connectivity index (χ2n) is 6.21. The number of nitrogens with one attached hydrogen (secondary N) is 1. The number of hydrogen-bond donors (Lipinski definition) is 1. The molecule has 2 rings (SSSR count). The summed E-state index contributed by atoms with van der Waals surface area (Å²) < 4.78 is 27.7. The summed E-state index contributed by atoms with van der Waals surface area (Å²) in [5, 5.41) is 2.57. The van der Waals surface area contributed by atoms with Crippen LogP contribution >= 0.6 is 0 Å². The third-order valence-electron chi connectivity index (χ3n) is 4.11. The van der Waals surface area contributed by atoms with E-state index in [-0.39, 0.29) is 17.5 Å². The van der Waals surface area contributed by atoms with Crippen molar-refractivity contribution < 1.29 is 22.7 Å². The Morgan fingerprint density at radius 2 is 1.75 bits per heavy atom. The molecule has 0 spiro atoms. The molecule has 1 aromatic rings. The standard InChI is InChI=1S/C17H23NO5S/c1-24(21,22)15-9-7-14(8-10-15)18-16(19)12-23-17(20)11-13-5-3-2-4-6-13/h7-10,13H,2-6,11-12H2,1H3,(H,18,19). The van der Waals surface area contributed by atoms with Gasteiger partial charge in [0.2, 0.25) is 0 Å². The number of anilines is 1. The van der Waals surface area contributed by atoms with Gasteiger partial charge in [-0.3, -0.25) is 9.59 Å². The van der Waals surface area contributed by atoms with Crippen LogP contribution in [-0.2, 0) is 24.2 Å². The number of hydrogen-bond acceptors (Lipinski definition) is 5. The Bertz CT molecular complexity index is 675. The van der Waals surface area contributed by atoms with E-state index in [1.54, 1.807) is 0 Å². The highest BCUT2D eigenvalue weighted by molar-refractivity contribution is 7.90. The Hall–Kier alpha value is -1.89. The topological polar surface area (TPSA) is 89.5 Å². The summed E-state index contributed by atoms with van der Waals surface area (Å²) in [6, 6.07) is 5.83. The van der Waals surface area contributed by atoms with Crippen molar-refractivity contribution in [2.75, 3.05) is 18.2 Å². The molecule has 24 heavy (non-hydrogen) atoms. The van der Waals surface area contributed by atoms with Crippen LogP contribution in [0.2, 0.25) is 0 Å². The summed E-state index contributed by atoms with van der Waals surface area (Å²) in [6.45, 7) is -0.334. The van der Waals surface area contributed by atoms with Gasteiger partial charge in [0, 0.05) is 18.4 Å². The lowest BCUT2D eigenvalue weighted by atomic mass is 9.87. The van der Waals surface area contributed by atoms with Crippen molar-refractivity contribution in [3.8, 4) is 0 Å². The van der Waals surface area contributed by atoms with Gasteiger partial charge in [0.1, 0.15) is 0 Å². The summed E-state index contributed by atoms with van der Waals surface area (Å²) in [5.41, 5.74) is 0.454. The minimum atomic E-state index is -3.27. The first-order valence-electron chi connectivity index (χ1n) is 8.10. The lowest BCUT2D eigenvalue weighted by Crippen LogP contribution is -2.22. The lowest BCUT2D eigenvalue weighted by molar-refractivity contribution is -0.148. The number of carbonyl (C=O) groups is 2. The predicted molar refractivity (Wildman–Crippen MR) is 90.3 cm³/mol. The van der Waals surface area contributed by atoms with E-state index in [9.17, 15) is 18.0 Å². The highest BCUT2D eigenvalue weighted by atomic mass is 32.2. The summed E-state index contributed by atoms with van der Waals surface area (Å²) in [5.74, 6) is -0.415. The van der Waals surface area contributed by atoms with Crippen LogP contribution in [0.25, 0.3) is 0 Å². The van der Waals surface area contributed by atoms with Crippen molar-refractivity contribution in [1.29, 1.82) is 0 Å². The average molecular weight is 353 g/mol. The van der Waals surface area contributed by atoms with Crippen molar-refractivity contribution in [2.45, 2.75) is 43.4 Å². The highest BCUT2D eigenvalue weighted by Gasteiger charge is 2.18. The molecule has 1 N–H and O–H groups in total. The summed E-state index contributed by atoms with van der Waals surface area (Å²) in [6.07, 6.45) is 7.13. The normalized spacial score (nSPS) is 15.7. The van der Waals surface area contributed by atoms with Crippen molar-refractivity contribution in [3.05, 3.63) is 24.3 Å². The molecule has 0 bridgehead atoms. The molecule has 1 aliphatic rings. The van der Waals surface area contributed by atoms with E-state index in [1.165, 1.54) is 30.7 Å². The van der Waals surface area contributed by atoms with Gasteiger partial charge in [-0.05, 0) is 43.0 Å². The lowest BCUT2D eigenvalue weighted by Gasteiger charge is -2.20. The van der Waals surface area contributed by atoms with Crippen LogP contribution in [-0.4, -0.2) is 33.2 Å². The van der Waals surface area contributed by atoms with E-state index in [4.69, 9.17) is 4.74 Å². The van der Waals surface area contributed by atoms with E-state index < -0.39 is 15.7 Å². The molecule has 0 unspecified atom stereocenters. The maximum atomic E-state index is 11.8. The molecule has 7 heteroatoms. The maximum absolute atomic E-state index is 11.8. The van der Waals surface area contributed by atoms with E-state index in [0.717, 1.165) is 31.9 Å². The molecular weight excluding hydrogens is 330 g/mol. The first-order valence-corrected chi connectivity index (χ1v) is 9.99. The van der Waals surface area contributed by atoms with Gasteiger partial charge in [-0.15, -0.1) is 0 Å². The first kappa shape index (κ1) is 18.4. The number of carbonyl (C=O) groups excluding carboxylic acids is 2. The molecule has 1 saturated carbocycles. The molecule has 1 fully saturated rings. The predicted octanol–water partition coefficient (Wildman–Crippen LogP) is 2.54. The number of esters is 1. The van der Waals surface area contributed by atoms with Gasteiger partial charge in [0.25, 0.3) is 5.91 Å². The van der Waals surface area contributed by atoms with Gasteiger partial charge >= 0.3 is 5.97 Å². The summed E-state index contributed by atoms with van der Waals surface area (Å²) >= 11 is 0. The van der Waals surface area contributed by atoms with Gasteiger partial charge in [-0.25, -0.2) is 8.42 Å². The number of amides is 1. The zero-order valence-corrected chi connectivity index (χ0v) is 14.6. The van der Waals surface area contributed by atoms with E-state index >= 15 is 0 Å². The van der Waals surface area contributed by atoms with Crippen molar-refractivity contribution >= 4 is 27.4 Å². The molecule has 0 saturated heterocycles. The summed E-state index contributed by atoms with van der Waals surface area (Å²) in [7, 11) is -3.27. The molecule has 0 atom stereocenters. The van der Waals surface area contributed by atoms with Crippen LogP contribution in [0.15, 0.2) is 29.2 Å². The molecule has 1 aliphatic carbocycles. The zero-order chi connectivity index (χ0) is 17.6. The van der Waals surface area contributed by atoms with Gasteiger partial charge in [-0.1, -0.05) is 19.3 Å². The second-order valence-corrected chi connectivity index (χ2v) is 8.23. The fourth-order valence-electron chi connectivity index (χ4n) is 2.81. The second kappa shape index (κ2) is 8.28. The van der Waals surface area contributed by atoms with E-state index in [1.807, 2.05) is 0 Å². The fraction of sp³-hybridized carbons (Fsp3) is 0.529. The Balaban J connectivity index is 1.75. The van der Waals surface area contributed by atoms with Crippen LogP contribution in [0.3, 0.4) is 0 Å². The third-order valence-corrected chi connectivity index (χ3v) is 5.24. The molecule has 1 amide bonds. The highest BCUT2D eigenvalue weighted by Crippen LogP contribution is 2.26. The third kappa shape index (κ3) is 5.96. The average Bonchev–Trinajstić information content (AvgIpc) is 2.53. The molecular formula is C17H23NO5S. The van der Waals surface area contributed by atoms with Gasteiger partial charge in [0.05, 0.1) is 4.90 Å². The smallest absolute Gasteiger partial charge is 0.306 e. The molecule has 1 aromatic carbocycles. The molecule has 6 nitrogen and oxygen atoms in total. The Kier molecular flexibility index (Phi) is 6.36.